The van der Waals surface area contributed by atoms with Gasteiger partial charge < -0.3 is 4.74 Å². The predicted octanol–water partition coefficient (Wildman–Crippen LogP) is 2.55. The van der Waals surface area contributed by atoms with E-state index < -0.39 is 11.7 Å². The van der Waals surface area contributed by atoms with Crippen molar-refractivity contribution in [2.24, 2.45) is 0 Å². The molecule has 2 nitrogen and oxygen atoms in total. The molecule has 2 rings (SSSR count). The van der Waals surface area contributed by atoms with Gasteiger partial charge in [0, 0.05) is 12.5 Å². The van der Waals surface area contributed by atoms with Crippen molar-refractivity contribution < 1.29 is 18.3 Å². The van der Waals surface area contributed by atoms with Crippen LogP contribution in [0.25, 0.3) is 0 Å². The van der Waals surface area contributed by atoms with Crippen molar-refractivity contribution >= 4 is 5.78 Å². The molecule has 1 aliphatic heterocycles. The van der Waals surface area contributed by atoms with Crippen LogP contribution in [0.15, 0.2) is 18.2 Å². The number of benzene rings is 1. The van der Waals surface area contributed by atoms with E-state index >= 15 is 0 Å². The minimum atomic E-state index is -3.31. The maximum Gasteiger partial charge on any atom is 0.307 e. The molecule has 0 unspecified atom stereocenters. The van der Waals surface area contributed by atoms with Gasteiger partial charge in [0.2, 0.25) is 5.78 Å². The first-order valence-electron chi connectivity index (χ1n) is 4.60. The first-order valence-corrected chi connectivity index (χ1v) is 4.60. The zero-order valence-electron chi connectivity index (χ0n) is 8.22. The summed E-state index contributed by atoms with van der Waals surface area (Å²) in [6.45, 7) is 1.50. The molecule has 0 bridgehead atoms. The third kappa shape index (κ3) is 1.90. The fourth-order valence-electron chi connectivity index (χ4n) is 1.57. The smallest absolute Gasteiger partial charge is 0.307 e. The second-order valence-corrected chi connectivity index (χ2v) is 3.69. The molecule has 0 fully saturated rings. The highest BCUT2D eigenvalue weighted by Gasteiger charge is 2.33. The molecule has 80 valence electrons. The zero-order chi connectivity index (χ0) is 11.1. The Labute approximate surface area is 85.9 Å². The van der Waals surface area contributed by atoms with Crippen LogP contribution in [0.4, 0.5) is 8.78 Å². The average molecular weight is 212 g/mol. The molecule has 4 heteroatoms. The van der Waals surface area contributed by atoms with Gasteiger partial charge in [0.1, 0.15) is 0 Å². The van der Waals surface area contributed by atoms with Crippen molar-refractivity contribution in [2.75, 3.05) is 0 Å². The van der Waals surface area contributed by atoms with Gasteiger partial charge in [-0.1, -0.05) is 12.1 Å². The molecule has 0 spiro atoms. The Balaban J connectivity index is 2.35. The fourth-order valence-corrected chi connectivity index (χ4v) is 1.57. The minimum absolute atomic E-state index is 0.0479. The number of carbonyl (C=O) groups excluding carboxylic acids is 1. The van der Waals surface area contributed by atoms with Crippen LogP contribution >= 0.6 is 0 Å². The standard InChI is InChI=1S/C11H10F2O2/c1-11(12,13)10(14)7-2-3-8-5-15-6-9(8)4-7/h2-4H,5-6H2,1H3. The number of hydrogen-bond donors (Lipinski definition) is 0. The summed E-state index contributed by atoms with van der Waals surface area (Å²) in [6, 6.07) is 4.58. The largest absolute Gasteiger partial charge is 0.372 e. The van der Waals surface area contributed by atoms with Gasteiger partial charge in [-0.25, -0.2) is 0 Å². The number of hydrogen-bond acceptors (Lipinski definition) is 2. The summed E-state index contributed by atoms with van der Waals surface area (Å²) in [4.78, 5) is 11.3. The van der Waals surface area contributed by atoms with Crippen LogP contribution in [-0.2, 0) is 18.0 Å². The Morgan fingerprint density at radius 2 is 2.00 bits per heavy atom. The number of halogens is 2. The lowest BCUT2D eigenvalue weighted by molar-refractivity contribution is 0.0221. The second-order valence-electron chi connectivity index (χ2n) is 3.69. The molecule has 1 heterocycles. The molecule has 0 radical (unpaired) electrons. The molecule has 0 saturated carbocycles. The van der Waals surface area contributed by atoms with Crippen molar-refractivity contribution in [3.8, 4) is 0 Å². The first-order chi connectivity index (χ1) is 6.98. The number of ketones is 1. The summed E-state index contributed by atoms with van der Waals surface area (Å²) in [5.41, 5.74) is 1.84. The number of ether oxygens (including phenoxy) is 1. The molecular weight excluding hydrogens is 202 g/mol. The molecule has 1 aliphatic rings. The van der Waals surface area contributed by atoms with E-state index in [1.54, 1.807) is 6.07 Å². The molecule has 0 amide bonds. The number of carbonyl (C=O) groups is 1. The van der Waals surface area contributed by atoms with Crippen molar-refractivity contribution in [2.45, 2.75) is 26.1 Å². The summed E-state index contributed by atoms with van der Waals surface area (Å²) in [7, 11) is 0. The highest BCUT2D eigenvalue weighted by Crippen LogP contribution is 2.24. The van der Waals surface area contributed by atoms with Crippen molar-refractivity contribution in [3.63, 3.8) is 0 Å². The molecule has 0 aromatic heterocycles. The third-order valence-corrected chi connectivity index (χ3v) is 2.38. The summed E-state index contributed by atoms with van der Waals surface area (Å²) < 4.78 is 30.7. The fraction of sp³-hybridized carbons (Fsp3) is 0.364. The predicted molar refractivity (Wildman–Crippen MR) is 49.9 cm³/mol. The molecular formula is C11H10F2O2. The van der Waals surface area contributed by atoms with Crippen LogP contribution in [0, 0.1) is 0 Å². The van der Waals surface area contributed by atoms with E-state index in [1.165, 1.54) is 12.1 Å². The van der Waals surface area contributed by atoms with E-state index in [9.17, 15) is 13.6 Å². The summed E-state index contributed by atoms with van der Waals surface area (Å²) in [5, 5.41) is 0. The van der Waals surface area contributed by atoms with Crippen molar-refractivity contribution in [1.82, 2.24) is 0 Å². The van der Waals surface area contributed by atoms with E-state index in [-0.39, 0.29) is 5.56 Å². The molecule has 0 N–H and O–H groups in total. The first kappa shape index (κ1) is 10.2. The lowest BCUT2D eigenvalue weighted by Crippen LogP contribution is -2.24. The normalized spacial score (nSPS) is 15.1. The summed E-state index contributed by atoms with van der Waals surface area (Å²) in [6.07, 6.45) is 0. The Morgan fingerprint density at radius 3 is 2.67 bits per heavy atom. The van der Waals surface area contributed by atoms with Gasteiger partial charge in [-0.05, 0) is 17.2 Å². The molecule has 0 atom stereocenters. The summed E-state index contributed by atoms with van der Waals surface area (Å²) >= 11 is 0. The number of rotatable bonds is 2. The molecule has 15 heavy (non-hydrogen) atoms. The Bertz CT molecular complexity index is 408. The van der Waals surface area contributed by atoms with Crippen LogP contribution in [0.3, 0.4) is 0 Å². The summed E-state index contributed by atoms with van der Waals surface area (Å²) in [5.74, 6) is -4.45. The van der Waals surface area contributed by atoms with Gasteiger partial charge in [0.05, 0.1) is 13.2 Å². The van der Waals surface area contributed by atoms with Crippen LogP contribution in [0.2, 0.25) is 0 Å². The zero-order valence-corrected chi connectivity index (χ0v) is 8.22. The molecule has 1 aromatic rings. The lowest BCUT2D eigenvalue weighted by atomic mass is 10.0. The van der Waals surface area contributed by atoms with E-state index in [2.05, 4.69) is 0 Å². The minimum Gasteiger partial charge on any atom is -0.372 e. The highest BCUT2D eigenvalue weighted by molar-refractivity contribution is 6.01. The van der Waals surface area contributed by atoms with Gasteiger partial charge in [-0.2, -0.15) is 8.78 Å². The van der Waals surface area contributed by atoms with Crippen molar-refractivity contribution in [1.29, 1.82) is 0 Å². The number of alkyl halides is 2. The van der Waals surface area contributed by atoms with Crippen molar-refractivity contribution in [3.05, 3.63) is 34.9 Å². The van der Waals surface area contributed by atoms with E-state index in [0.717, 1.165) is 11.1 Å². The lowest BCUT2D eigenvalue weighted by Gasteiger charge is -2.09. The van der Waals surface area contributed by atoms with Gasteiger partial charge in [-0.3, -0.25) is 4.79 Å². The Morgan fingerprint density at radius 1 is 1.33 bits per heavy atom. The topological polar surface area (TPSA) is 26.3 Å². The molecule has 0 saturated heterocycles. The maximum absolute atomic E-state index is 12.8. The van der Waals surface area contributed by atoms with Crippen LogP contribution < -0.4 is 0 Å². The van der Waals surface area contributed by atoms with E-state index in [1.807, 2.05) is 0 Å². The maximum atomic E-state index is 12.8. The quantitative estimate of drug-likeness (QED) is 0.704. The number of Topliss-reactive ketones (excluding diaryl/α,β-unsaturated/α-hetero) is 1. The van der Waals surface area contributed by atoms with Crippen LogP contribution in [-0.4, -0.2) is 11.7 Å². The second kappa shape index (κ2) is 3.38. The van der Waals surface area contributed by atoms with E-state index in [0.29, 0.717) is 20.1 Å². The monoisotopic (exact) mass is 212 g/mol. The Kier molecular flexibility index (Phi) is 2.31. The van der Waals surface area contributed by atoms with Gasteiger partial charge in [0.15, 0.2) is 0 Å². The van der Waals surface area contributed by atoms with Crippen LogP contribution in [0.1, 0.15) is 28.4 Å². The Hall–Kier alpha value is -1.29. The van der Waals surface area contributed by atoms with Crippen LogP contribution in [0.5, 0.6) is 0 Å². The molecule has 1 aromatic carbocycles. The highest BCUT2D eigenvalue weighted by atomic mass is 19.3. The van der Waals surface area contributed by atoms with Gasteiger partial charge in [-0.15, -0.1) is 0 Å². The van der Waals surface area contributed by atoms with Gasteiger partial charge >= 0.3 is 5.92 Å². The number of fused-ring (bicyclic) bond motifs is 1. The van der Waals surface area contributed by atoms with Gasteiger partial charge in [0.25, 0.3) is 0 Å². The average Bonchev–Trinajstić information content (AvgIpc) is 2.61. The van der Waals surface area contributed by atoms with E-state index in [4.69, 9.17) is 4.74 Å². The third-order valence-electron chi connectivity index (χ3n) is 2.38. The molecule has 0 aliphatic carbocycles. The SMILES string of the molecule is CC(F)(F)C(=O)c1ccc2c(c1)COC2.